The molecule has 19 heteroatoms. The lowest BCUT2D eigenvalue weighted by Crippen LogP contribution is -2.30. The number of aliphatic hydroxyl groups excluding tert-OH is 1. The Morgan fingerprint density at radius 1 is 0.253 bits per heavy atom. The van der Waals surface area contributed by atoms with Crippen molar-refractivity contribution in [3.63, 3.8) is 0 Å². The molecule has 0 fully saturated rings. The summed E-state index contributed by atoms with van der Waals surface area (Å²) in [6.07, 6.45) is 55.6. The quantitative estimate of drug-likeness (QED) is 0.0222. The van der Waals surface area contributed by atoms with Crippen LogP contribution in [0.2, 0.25) is 0 Å². The highest BCUT2D eigenvalue weighted by Crippen LogP contribution is 2.45. The molecule has 0 aromatic carbocycles. The number of carbonyl (C=O) groups is 4. The maximum absolute atomic E-state index is 13.1. The second-order valence-electron chi connectivity index (χ2n) is 30.7. The van der Waals surface area contributed by atoms with E-state index < -0.39 is 97.5 Å². The third-order valence-corrected chi connectivity index (χ3v) is 20.5. The minimum atomic E-state index is -4.96. The third kappa shape index (κ3) is 74.1. The van der Waals surface area contributed by atoms with E-state index in [0.717, 1.165) is 114 Å². The summed E-state index contributed by atoms with van der Waals surface area (Å²) in [7, 11) is -9.92. The molecular weight excluding hydrogens is 1290 g/mol. The number of hydrogen-bond acceptors (Lipinski definition) is 15. The fourth-order valence-electron chi connectivity index (χ4n) is 12.3. The number of aliphatic hydroxyl groups is 1. The molecule has 5 atom stereocenters. The average molecular weight is 1450 g/mol. The fourth-order valence-corrected chi connectivity index (χ4v) is 13.8. The summed E-state index contributed by atoms with van der Waals surface area (Å²) >= 11 is 0. The predicted molar refractivity (Wildman–Crippen MR) is 404 cm³/mol. The summed E-state index contributed by atoms with van der Waals surface area (Å²) in [5.41, 5.74) is 0. The smallest absolute Gasteiger partial charge is 0.462 e. The number of carbonyl (C=O) groups excluding carboxylic acids is 4. The van der Waals surface area contributed by atoms with Gasteiger partial charge < -0.3 is 33.8 Å². The van der Waals surface area contributed by atoms with E-state index in [-0.39, 0.29) is 25.7 Å². The lowest BCUT2D eigenvalue weighted by molar-refractivity contribution is -0.161. The summed E-state index contributed by atoms with van der Waals surface area (Å²) in [5, 5.41) is 10.6. The third-order valence-electron chi connectivity index (χ3n) is 18.6. The van der Waals surface area contributed by atoms with Crippen molar-refractivity contribution in [1.29, 1.82) is 0 Å². The molecule has 0 saturated heterocycles. The van der Waals surface area contributed by atoms with Crippen molar-refractivity contribution in [3.05, 3.63) is 0 Å². The van der Waals surface area contributed by atoms with Crippen molar-refractivity contribution in [3.8, 4) is 0 Å². The second-order valence-corrected chi connectivity index (χ2v) is 33.6. The maximum Gasteiger partial charge on any atom is 0.472 e. The van der Waals surface area contributed by atoms with Crippen molar-refractivity contribution >= 4 is 39.5 Å². The lowest BCUT2D eigenvalue weighted by Gasteiger charge is -2.21. The van der Waals surface area contributed by atoms with Crippen molar-refractivity contribution in [2.24, 2.45) is 23.7 Å². The molecule has 0 bridgehead atoms. The molecule has 0 aromatic heterocycles. The molecule has 0 aliphatic heterocycles. The van der Waals surface area contributed by atoms with Crippen LogP contribution in [0.4, 0.5) is 0 Å². The van der Waals surface area contributed by atoms with Gasteiger partial charge in [0.15, 0.2) is 12.2 Å². The van der Waals surface area contributed by atoms with Gasteiger partial charge in [-0.1, -0.05) is 357 Å². The van der Waals surface area contributed by atoms with E-state index in [9.17, 15) is 43.2 Å². The number of rotatable bonds is 77. The van der Waals surface area contributed by atoms with E-state index in [2.05, 4.69) is 55.4 Å². The zero-order valence-electron chi connectivity index (χ0n) is 65.1. The first-order valence-electron chi connectivity index (χ1n) is 41.2. The standard InChI is InChI=1S/C80H156O17P2/c1-70(2)56-48-40-32-26-20-14-10-9-11-17-24-30-36-46-54-62-79(84)96-75(66-90-77(82)60-52-44-35-29-23-16-13-12-15-21-27-33-41-49-57-71(3)4)68-94-98(86,87)92-64-74(81)65-93-99(88,89)95-69-76(67-91-78(83)61-53-45-39-38-43-51-59-73(7)8)97-80(85)63-55-47-37-31-25-19-18-22-28-34-42-50-58-72(5)6/h70-76,81H,9-69H2,1-8H3,(H,86,87)(H,88,89)/t74-,75-,76-/m1/s1. The largest absolute Gasteiger partial charge is 0.472 e. The van der Waals surface area contributed by atoms with Crippen LogP contribution in [0.3, 0.4) is 0 Å². The van der Waals surface area contributed by atoms with Crippen LogP contribution in [-0.2, 0) is 65.4 Å². The van der Waals surface area contributed by atoms with Gasteiger partial charge in [-0.05, 0) is 49.4 Å². The van der Waals surface area contributed by atoms with Gasteiger partial charge >= 0.3 is 39.5 Å². The van der Waals surface area contributed by atoms with Crippen LogP contribution in [-0.4, -0.2) is 96.7 Å². The summed E-state index contributed by atoms with van der Waals surface area (Å²) in [4.78, 5) is 73.0. The number of esters is 4. The molecule has 3 N–H and O–H groups in total. The second kappa shape index (κ2) is 69.1. The first-order valence-corrected chi connectivity index (χ1v) is 44.2. The van der Waals surface area contributed by atoms with E-state index in [1.54, 1.807) is 0 Å². The summed E-state index contributed by atoms with van der Waals surface area (Å²) < 4.78 is 68.7. The van der Waals surface area contributed by atoms with Crippen LogP contribution < -0.4 is 0 Å². The number of phosphoric acid groups is 2. The number of hydrogen-bond donors (Lipinski definition) is 3. The van der Waals surface area contributed by atoms with Gasteiger partial charge in [0, 0.05) is 25.7 Å². The summed E-state index contributed by atoms with van der Waals surface area (Å²) in [5.74, 6) is 0.941. The Hall–Kier alpha value is -1.94. The minimum Gasteiger partial charge on any atom is -0.462 e. The van der Waals surface area contributed by atoms with Gasteiger partial charge in [-0.3, -0.25) is 37.3 Å². The SMILES string of the molecule is CC(C)CCCCCCCCCCCCCCCCCC(=O)O[C@H](COC(=O)CCCCCCCCCCCCCCCCC(C)C)COP(=O)(O)OC[C@@H](O)COP(=O)(O)OC[C@@H](COC(=O)CCCCCCCCC(C)C)OC(=O)CCCCCCCCCCCCCCC(C)C. The highest BCUT2D eigenvalue weighted by atomic mass is 31.2. The molecule has 0 radical (unpaired) electrons. The number of ether oxygens (including phenoxy) is 4. The molecule has 0 saturated carbocycles. The van der Waals surface area contributed by atoms with Gasteiger partial charge in [-0.2, -0.15) is 0 Å². The van der Waals surface area contributed by atoms with Crippen LogP contribution in [0.5, 0.6) is 0 Å². The molecule has 0 aromatic rings. The normalized spacial score (nSPS) is 14.1. The highest BCUT2D eigenvalue weighted by molar-refractivity contribution is 7.47. The van der Waals surface area contributed by atoms with E-state index >= 15 is 0 Å². The summed E-state index contributed by atoms with van der Waals surface area (Å²) in [6, 6.07) is 0. The van der Waals surface area contributed by atoms with Gasteiger partial charge in [0.2, 0.25) is 0 Å². The average Bonchev–Trinajstić information content (AvgIpc) is 2.32. The van der Waals surface area contributed by atoms with E-state index in [0.29, 0.717) is 31.6 Å². The first kappa shape index (κ1) is 97.1. The molecule has 588 valence electrons. The molecule has 0 spiro atoms. The maximum atomic E-state index is 13.1. The molecule has 0 rings (SSSR count). The zero-order chi connectivity index (χ0) is 73.1. The summed E-state index contributed by atoms with van der Waals surface area (Å²) in [6.45, 7) is 14.2. The molecule has 99 heavy (non-hydrogen) atoms. The Morgan fingerprint density at radius 3 is 0.626 bits per heavy atom. The van der Waals surface area contributed by atoms with Gasteiger partial charge in [0.1, 0.15) is 19.3 Å². The minimum absolute atomic E-state index is 0.106. The van der Waals surface area contributed by atoms with Gasteiger partial charge in [0.25, 0.3) is 0 Å². The monoisotopic (exact) mass is 1450 g/mol. The first-order chi connectivity index (χ1) is 47.6. The number of unbranched alkanes of at least 4 members (excludes halogenated alkanes) is 43. The molecule has 0 aliphatic carbocycles. The van der Waals surface area contributed by atoms with Gasteiger partial charge in [-0.15, -0.1) is 0 Å². The molecule has 0 amide bonds. The number of phosphoric ester groups is 2. The topological polar surface area (TPSA) is 237 Å². The van der Waals surface area contributed by atoms with E-state index in [4.69, 9.17) is 37.0 Å². The van der Waals surface area contributed by atoms with Crippen LogP contribution >= 0.6 is 15.6 Å². The Balaban J connectivity index is 5.24. The van der Waals surface area contributed by atoms with Crippen LogP contribution in [0.1, 0.15) is 409 Å². The molecule has 17 nitrogen and oxygen atoms in total. The van der Waals surface area contributed by atoms with Crippen molar-refractivity contribution in [2.75, 3.05) is 39.6 Å². The van der Waals surface area contributed by atoms with Crippen molar-refractivity contribution in [2.45, 2.75) is 427 Å². The highest BCUT2D eigenvalue weighted by Gasteiger charge is 2.30. The van der Waals surface area contributed by atoms with E-state index in [1.165, 1.54) is 205 Å². The van der Waals surface area contributed by atoms with E-state index in [1.807, 2.05) is 0 Å². The van der Waals surface area contributed by atoms with Gasteiger partial charge in [-0.25, -0.2) is 9.13 Å². The molecule has 0 heterocycles. The van der Waals surface area contributed by atoms with Crippen molar-refractivity contribution in [1.82, 2.24) is 0 Å². The van der Waals surface area contributed by atoms with Crippen LogP contribution in [0.15, 0.2) is 0 Å². The van der Waals surface area contributed by atoms with Crippen molar-refractivity contribution < 1.29 is 80.2 Å². The Kier molecular flexibility index (Phi) is 67.8. The fraction of sp³-hybridized carbons (Fsp3) is 0.950. The zero-order valence-corrected chi connectivity index (χ0v) is 66.9. The Labute approximate surface area is 607 Å². The Bertz CT molecular complexity index is 1940. The van der Waals surface area contributed by atoms with Crippen LogP contribution in [0, 0.1) is 23.7 Å². The van der Waals surface area contributed by atoms with Gasteiger partial charge in [0.05, 0.1) is 26.4 Å². The molecular formula is C80H156O17P2. The Morgan fingerprint density at radius 2 is 0.424 bits per heavy atom. The predicted octanol–water partition coefficient (Wildman–Crippen LogP) is 23.6. The molecule has 2 unspecified atom stereocenters. The molecule has 0 aliphatic rings. The lowest BCUT2D eigenvalue weighted by atomic mass is 10.0. The van der Waals surface area contributed by atoms with Crippen LogP contribution in [0.25, 0.3) is 0 Å².